The van der Waals surface area contributed by atoms with Crippen LogP contribution in [0.3, 0.4) is 0 Å². The van der Waals surface area contributed by atoms with Gasteiger partial charge in [0.25, 0.3) is 0 Å². The summed E-state index contributed by atoms with van der Waals surface area (Å²) in [6.07, 6.45) is 6.82. The molecule has 5 nitrogen and oxygen atoms in total. The minimum absolute atomic E-state index is 0.169. The van der Waals surface area contributed by atoms with Crippen molar-refractivity contribution in [2.24, 2.45) is 11.0 Å². The van der Waals surface area contributed by atoms with Crippen LogP contribution in [0, 0.1) is 5.92 Å². The van der Waals surface area contributed by atoms with Gasteiger partial charge in [-0.3, -0.25) is 0 Å². The number of benzene rings is 1. The summed E-state index contributed by atoms with van der Waals surface area (Å²) >= 11 is 0. The number of nitrogens with zero attached hydrogens (tertiary/aromatic N) is 2. The lowest BCUT2D eigenvalue weighted by atomic mass is 9.82. The third-order valence-corrected chi connectivity index (χ3v) is 6.15. The highest BCUT2D eigenvalue weighted by Gasteiger charge is 2.52. The first-order valence-electron chi connectivity index (χ1n) is 10.1. The van der Waals surface area contributed by atoms with Gasteiger partial charge in [-0.25, -0.2) is 5.01 Å². The minimum atomic E-state index is -0.383. The van der Waals surface area contributed by atoms with Crippen LogP contribution in [0.15, 0.2) is 46.1 Å². The van der Waals surface area contributed by atoms with Crippen molar-refractivity contribution in [1.82, 2.24) is 5.01 Å². The lowest BCUT2D eigenvalue weighted by molar-refractivity contribution is -0.146. The van der Waals surface area contributed by atoms with Gasteiger partial charge in [0.1, 0.15) is 11.5 Å². The van der Waals surface area contributed by atoms with Gasteiger partial charge in [-0.1, -0.05) is 19.1 Å². The molecule has 0 amide bonds. The van der Waals surface area contributed by atoms with Crippen LogP contribution in [0.25, 0.3) is 0 Å². The third-order valence-electron chi connectivity index (χ3n) is 6.15. The molecule has 142 valence electrons. The van der Waals surface area contributed by atoms with Crippen molar-refractivity contribution in [3.63, 3.8) is 0 Å². The maximum Gasteiger partial charge on any atom is 0.198 e. The van der Waals surface area contributed by atoms with Gasteiger partial charge in [0, 0.05) is 24.8 Å². The second-order valence-electron chi connectivity index (χ2n) is 7.93. The monoisotopic (exact) mass is 366 g/mol. The van der Waals surface area contributed by atoms with E-state index in [0.717, 1.165) is 66.6 Å². The summed E-state index contributed by atoms with van der Waals surface area (Å²) in [5.74, 6) is 3.34. The number of hydrazone groups is 1. The number of furan rings is 1. The molecule has 3 heterocycles. The molecule has 0 radical (unpaired) electrons. The van der Waals surface area contributed by atoms with E-state index in [0.29, 0.717) is 6.61 Å². The maximum absolute atomic E-state index is 6.74. The Kier molecular flexibility index (Phi) is 3.92. The minimum Gasteiger partial charge on any atom is -0.490 e. The van der Waals surface area contributed by atoms with E-state index in [1.54, 1.807) is 6.26 Å². The average Bonchev–Trinajstić information content (AvgIpc) is 3.35. The van der Waals surface area contributed by atoms with Crippen LogP contribution >= 0.6 is 0 Å². The molecule has 2 aliphatic heterocycles. The van der Waals surface area contributed by atoms with Crippen molar-refractivity contribution in [1.29, 1.82) is 0 Å². The van der Waals surface area contributed by atoms with Crippen LogP contribution in [0.1, 0.15) is 63.3 Å². The van der Waals surface area contributed by atoms with Crippen molar-refractivity contribution in [2.45, 2.75) is 57.7 Å². The Balaban J connectivity index is 1.60. The van der Waals surface area contributed by atoms with Gasteiger partial charge in [0.05, 0.1) is 18.9 Å². The highest BCUT2D eigenvalue weighted by Crippen LogP contribution is 2.54. The van der Waals surface area contributed by atoms with Crippen LogP contribution < -0.4 is 9.47 Å². The summed E-state index contributed by atoms with van der Waals surface area (Å²) in [4.78, 5) is 0. The second-order valence-corrected chi connectivity index (χ2v) is 7.93. The van der Waals surface area contributed by atoms with Crippen LogP contribution in [-0.4, -0.2) is 23.1 Å². The van der Waals surface area contributed by atoms with Gasteiger partial charge >= 0.3 is 0 Å². The van der Waals surface area contributed by atoms with E-state index in [-0.39, 0.29) is 11.8 Å². The van der Waals surface area contributed by atoms with E-state index in [1.807, 2.05) is 25.1 Å². The Morgan fingerprint density at radius 1 is 1.22 bits per heavy atom. The molecule has 27 heavy (non-hydrogen) atoms. The highest BCUT2D eigenvalue weighted by atomic mass is 16.6. The molecular formula is C22H26N2O3. The maximum atomic E-state index is 6.74. The van der Waals surface area contributed by atoms with E-state index < -0.39 is 0 Å². The van der Waals surface area contributed by atoms with Gasteiger partial charge < -0.3 is 13.9 Å². The Morgan fingerprint density at radius 2 is 2.07 bits per heavy atom. The van der Waals surface area contributed by atoms with E-state index in [9.17, 15) is 0 Å². The number of hydrogen-bond donors (Lipinski definition) is 0. The Labute approximate surface area is 159 Å². The van der Waals surface area contributed by atoms with Gasteiger partial charge in [-0.2, -0.15) is 5.10 Å². The fraction of sp³-hybridized carbons (Fsp3) is 0.500. The van der Waals surface area contributed by atoms with Crippen molar-refractivity contribution in [3.8, 4) is 11.5 Å². The summed E-state index contributed by atoms with van der Waals surface area (Å²) in [7, 11) is 0. The molecule has 1 atom stereocenters. The van der Waals surface area contributed by atoms with E-state index >= 15 is 0 Å². The summed E-state index contributed by atoms with van der Waals surface area (Å²) in [6.45, 7) is 4.97. The molecule has 2 aromatic rings. The first-order chi connectivity index (χ1) is 13.2. The first-order valence-corrected chi connectivity index (χ1v) is 10.1. The molecule has 1 spiro atoms. The van der Waals surface area contributed by atoms with Gasteiger partial charge in [0.2, 0.25) is 0 Å². The topological polar surface area (TPSA) is 47.2 Å². The van der Waals surface area contributed by atoms with Gasteiger partial charge in [-0.15, -0.1) is 0 Å². The molecule has 1 fully saturated rings. The summed E-state index contributed by atoms with van der Waals surface area (Å²) < 4.78 is 18.3. The predicted molar refractivity (Wildman–Crippen MR) is 103 cm³/mol. The predicted octanol–water partition coefficient (Wildman–Crippen LogP) is 5.13. The fourth-order valence-electron chi connectivity index (χ4n) is 4.67. The third kappa shape index (κ3) is 2.63. The summed E-state index contributed by atoms with van der Waals surface area (Å²) in [5, 5.41) is 7.25. The second kappa shape index (κ2) is 6.32. The van der Waals surface area contributed by atoms with Crippen molar-refractivity contribution in [2.75, 3.05) is 6.61 Å². The molecule has 0 unspecified atom stereocenters. The van der Waals surface area contributed by atoms with Crippen LogP contribution in [0.2, 0.25) is 0 Å². The fourth-order valence-corrected chi connectivity index (χ4v) is 4.67. The molecule has 0 saturated heterocycles. The lowest BCUT2D eigenvalue weighted by Gasteiger charge is -2.50. The molecule has 0 bridgehead atoms. The zero-order valence-electron chi connectivity index (χ0n) is 16.0. The Hall–Kier alpha value is -2.43. The molecule has 5 rings (SSSR count). The number of ether oxygens (including phenoxy) is 2. The molecule has 1 saturated carbocycles. The van der Waals surface area contributed by atoms with Gasteiger partial charge in [-0.05, 0) is 43.9 Å². The standard InChI is InChI=1S/C22H26N2O3/c1-3-25-20-7-4-6-16-18-14-17(19-8-5-13-26-19)23-24(18)22(27-21(16)20)11-9-15(2)10-12-22/h4-8,13,15,18H,3,9-12,14H2,1-2H3/t15?,18-,22?/m1/s1. The quantitative estimate of drug-likeness (QED) is 0.756. The van der Waals surface area contributed by atoms with Gasteiger partial charge in [0.15, 0.2) is 17.2 Å². The summed E-state index contributed by atoms with van der Waals surface area (Å²) in [6, 6.07) is 10.3. The number of fused-ring (bicyclic) bond motifs is 4. The molecule has 0 N–H and O–H groups in total. The van der Waals surface area contributed by atoms with Crippen molar-refractivity contribution < 1.29 is 13.9 Å². The molecule has 5 heteroatoms. The molecule has 1 aromatic heterocycles. The highest BCUT2D eigenvalue weighted by molar-refractivity contribution is 5.99. The number of rotatable bonds is 3. The SMILES string of the molecule is CCOc1cccc2c1OC1(CCC(C)CC1)N1N=C(c3ccco3)C[C@H]21. The van der Waals surface area contributed by atoms with Crippen LogP contribution in [0.5, 0.6) is 11.5 Å². The largest absolute Gasteiger partial charge is 0.490 e. The van der Waals surface area contributed by atoms with E-state index in [2.05, 4.69) is 24.1 Å². The Morgan fingerprint density at radius 3 is 2.81 bits per heavy atom. The van der Waals surface area contributed by atoms with E-state index in [4.69, 9.17) is 19.0 Å². The smallest absolute Gasteiger partial charge is 0.198 e. The molecule has 1 aromatic carbocycles. The van der Waals surface area contributed by atoms with Crippen LogP contribution in [-0.2, 0) is 0 Å². The number of para-hydroxylation sites is 1. The molecule has 3 aliphatic rings. The van der Waals surface area contributed by atoms with Crippen molar-refractivity contribution >= 4 is 5.71 Å². The average molecular weight is 366 g/mol. The zero-order valence-corrected chi connectivity index (χ0v) is 16.0. The molecular weight excluding hydrogens is 340 g/mol. The first kappa shape index (κ1) is 16.7. The Bertz CT molecular complexity index is 850. The van der Waals surface area contributed by atoms with Crippen molar-refractivity contribution in [3.05, 3.63) is 47.9 Å². The lowest BCUT2D eigenvalue weighted by Crippen LogP contribution is -2.55. The zero-order chi connectivity index (χ0) is 18.4. The normalized spacial score (nSPS) is 29.1. The summed E-state index contributed by atoms with van der Waals surface area (Å²) in [5.41, 5.74) is 1.78. The van der Waals surface area contributed by atoms with Crippen LogP contribution in [0.4, 0.5) is 0 Å². The molecule has 1 aliphatic carbocycles. The number of hydrogen-bond acceptors (Lipinski definition) is 5. The van der Waals surface area contributed by atoms with E-state index in [1.165, 1.54) is 0 Å².